The van der Waals surface area contributed by atoms with E-state index in [1.54, 1.807) is 16.7 Å². The Morgan fingerprint density at radius 2 is 2.33 bits per heavy atom. The maximum Gasteiger partial charge on any atom is 0.207 e. The third-order valence-corrected chi connectivity index (χ3v) is 2.72. The summed E-state index contributed by atoms with van der Waals surface area (Å²) >= 11 is 5.67. The molecule has 2 rings (SSSR count). The Balaban J connectivity index is 2.42. The van der Waals surface area contributed by atoms with Gasteiger partial charge in [0.2, 0.25) is 5.95 Å². The number of nitrogens with one attached hydrogen (secondary N) is 1. The zero-order valence-electron chi connectivity index (χ0n) is 9.95. The molecule has 1 aromatic heterocycles. The van der Waals surface area contributed by atoms with Gasteiger partial charge in [-0.3, -0.25) is 4.57 Å². The normalized spacial score (nSPS) is 10.4. The summed E-state index contributed by atoms with van der Waals surface area (Å²) in [5.74, 6) is 0.198. The molecule has 0 aliphatic carbocycles. The number of halogens is 2. The number of hydrogen-bond donors (Lipinski definition) is 1. The maximum atomic E-state index is 13.5. The van der Waals surface area contributed by atoms with Crippen molar-refractivity contribution in [3.05, 3.63) is 53.6 Å². The van der Waals surface area contributed by atoms with Gasteiger partial charge >= 0.3 is 0 Å². The molecule has 0 unspecified atom stereocenters. The minimum absolute atomic E-state index is 0.108. The third kappa shape index (κ3) is 2.54. The van der Waals surface area contributed by atoms with Crippen molar-refractivity contribution in [3.63, 3.8) is 0 Å². The van der Waals surface area contributed by atoms with E-state index in [4.69, 9.17) is 11.6 Å². The van der Waals surface area contributed by atoms with Gasteiger partial charge in [-0.15, -0.1) is 6.58 Å². The van der Waals surface area contributed by atoms with Crippen LogP contribution in [0.2, 0.25) is 5.02 Å². The molecule has 2 aromatic rings. The lowest BCUT2D eigenvalue weighted by Gasteiger charge is -2.08. The smallest absolute Gasteiger partial charge is 0.207 e. The first-order valence-corrected chi connectivity index (χ1v) is 5.86. The zero-order chi connectivity index (χ0) is 13.1. The summed E-state index contributed by atoms with van der Waals surface area (Å²) in [5.41, 5.74) is 1.51. The molecule has 0 fully saturated rings. The van der Waals surface area contributed by atoms with Crippen LogP contribution < -0.4 is 5.32 Å². The van der Waals surface area contributed by atoms with Crippen molar-refractivity contribution < 1.29 is 4.39 Å². The van der Waals surface area contributed by atoms with E-state index in [9.17, 15) is 4.39 Å². The van der Waals surface area contributed by atoms with Crippen LogP contribution in [0.1, 0.15) is 5.69 Å². The van der Waals surface area contributed by atoms with Crippen molar-refractivity contribution in [2.24, 2.45) is 0 Å². The van der Waals surface area contributed by atoms with Crippen molar-refractivity contribution in [3.8, 4) is 5.69 Å². The van der Waals surface area contributed by atoms with Gasteiger partial charge in [-0.2, -0.15) is 0 Å². The van der Waals surface area contributed by atoms with Crippen LogP contribution in [0.15, 0.2) is 37.1 Å². The number of nitrogens with zero attached hydrogens (tertiary/aromatic N) is 2. The molecule has 0 spiro atoms. The summed E-state index contributed by atoms with van der Waals surface area (Å²) in [4.78, 5) is 4.33. The van der Waals surface area contributed by atoms with Crippen LogP contribution in [0, 0.1) is 12.7 Å². The summed E-state index contributed by atoms with van der Waals surface area (Å²) in [6.07, 6.45) is 3.56. The van der Waals surface area contributed by atoms with Crippen LogP contribution >= 0.6 is 11.6 Å². The lowest BCUT2D eigenvalue weighted by molar-refractivity contribution is 0.627. The number of aryl methyl sites for hydroxylation is 1. The van der Waals surface area contributed by atoms with Gasteiger partial charge in [0.05, 0.1) is 16.4 Å². The molecule has 0 aliphatic heterocycles. The van der Waals surface area contributed by atoms with E-state index in [0.717, 1.165) is 5.69 Å². The second-order valence-corrected chi connectivity index (χ2v) is 4.25. The summed E-state index contributed by atoms with van der Waals surface area (Å²) < 4.78 is 15.2. The van der Waals surface area contributed by atoms with Crippen molar-refractivity contribution in [1.82, 2.24) is 9.55 Å². The van der Waals surface area contributed by atoms with Crippen molar-refractivity contribution in [2.45, 2.75) is 6.92 Å². The second kappa shape index (κ2) is 5.23. The number of benzene rings is 1. The summed E-state index contributed by atoms with van der Waals surface area (Å²) in [7, 11) is 0. The summed E-state index contributed by atoms with van der Waals surface area (Å²) in [6, 6.07) is 4.65. The van der Waals surface area contributed by atoms with E-state index in [-0.39, 0.29) is 5.02 Å². The van der Waals surface area contributed by atoms with Gasteiger partial charge < -0.3 is 5.32 Å². The lowest BCUT2D eigenvalue weighted by atomic mass is 10.3. The number of aromatic nitrogens is 2. The van der Waals surface area contributed by atoms with Crippen LogP contribution in [0.5, 0.6) is 0 Å². The molecule has 0 aliphatic rings. The second-order valence-electron chi connectivity index (χ2n) is 3.84. The zero-order valence-corrected chi connectivity index (χ0v) is 10.7. The monoisotopic (exact) mass is 265 g/mol. The first-order valence-electron chi connectivity index (χ1n) is 5.48. The number of hydrogen-bond acceptors (Lipinski definition) is 2. The highest BCUT2D eigenvalue weighted by Gasteiger charge is 2.08. The molecular weight excluding hydrogens is 253 g/mol. The highest BCUT2D eigenvalue weighted by atomic mass is 35.5. The number of anilines is 1. The molecule has 0 bridgehead atoms. The molecule has 3 nitrogen and oxygen atoms in total. The Hall–Kier alpha value is -1.81. The van der Waals surface area contributed by atoms with E-state index in [0.29, 0.717) is 18.2 Å². The fourth-order valence-corrected chi connectivity index (χ4v) is 1.74. The Bertz CT molecular complexity index is 578. The van der Waals surface area contributed by atoms with E-state index in [1.165, 1.54) is 12.1 Å². The fourth-order valence-electron chi connectivity index (χ4n) is 1.62. The Kier molecular flexibility index (Phi) is 3.67. The number of rotatable bonds is 4. The summed E-state index contributed by atoms with van der Waals surface area (Å²) in [5, 5.41) is 3.20. The molecule has 0 atom stereocenters. The van der Waals surface area contributed by atoms with Gasteiger partial charge in [0.25, 0.3) is 0 Å². The Labute approximate surface area is 110 Å². The average molecular weight is 266 g/mol. The molecule has 1 N–H and O–H groups in total. The number of imidazole rings is 1. The van der Waals surface area contributed by atoms with Crippen LogP contribution in [0.4, 0.5) is 10.3 Å². The van der Waals surface area contributed by atoms with Crippen LogP contribution in [-0.2, 0) is 0 Å². The molecule has 0 radical (unpaired) electrons. The van der Waals surface area contributed by atoms with Crippen molar-refractivity contribution in [2.75, 3.05) is 11.9 Å². The predicted molar refractivity (Wildman–Crippen MR) is 72.0 cm³/mol. The molecule has 94 valence electrons. The quantitative estimate of drug-likeness (QED) is 0.857. The molecule has 0 saturated heterocycles. The van der Waals surface area contributed by atoms with E-state index < -0.39 is 5.82 Å². The fraction of sp³-hybridized carbons (Fsp3) is 0.154. The minimum Gasteiger partial charge on any atom is -0.352 e. The first-order chi connectivity index (χ1) is 8.61. The van der Waals surface area contributed by atoms with Gasteiger partial charge in [0, 0.05) is 12.7 Å². The van der Waals surface area contributed by atoms with Crippen LogP contribution in [0.25, 0.3) is 5.69 Å². The van der Waals surface area contributed by atoms with E-state index in [1.807, 2.05) is 13.1 Å². The van der Waals surface area contributed by atoms with Gasteiger partial charge in [0.15, 0.2) is 0 Å². The highest BCUT2D eigenvalue weighted by molar-refractivity contribution is 6.30. The third-order valence-electron chi connectivity index (χ3n) is 2.41. The standard InChI is InChI=1S/C13H13ClFN3/c1-3-6-16-13-17-9(2)8-18(13)10-4-5-11(14)12(15)7-10/h3-5,7-8H,1,6H2,2H3,(H,16,17). The average Bonchev–Trinajstić information content (AvgIpc) is 2.71. The molecule has 0 amide bonds. The molecule has 5 heteroatoms. The molecule has 1 heterocycles. The Morgan fingerprint density at radius 3 is 3.00 bits per heavy atom. The van der Waals surface area contributed by atoms with Crippen LogP contribution in [0.3, 0.4) is 0 Å². The minimum atomic E-state index is -0.449. The predicted octanol–water partition coefficient (Wildman–Crippen LogP) is 3.57. The van der Waals surface area contributed by atoms with Gasteiger partial charge in [-0.25, -0.2) is 9.37 Å². The summed E-state index contributed by atoms with van der Waals surface area (Å²) in [6.45, 7) is 6.10. The maximum absolute atomic E-state index is 13.5. The largest absolute Gasteiger partial charge is 0.352 e. The molecule has 0 saturated carbocycles. The lowest BCUT2D eigenvalue weighted by Crippen LogP contribution is -2.05. The van der Waals surface area contributed by atoms with Gasteiger partial charge in [0.1, 0.15) is 5.82 Å². The van der Waals surface area contributed by atoms with E-state index in [2.05, 4.69) is 16.9 Å². The molecular formula is C13H13ClFN3. The van der Waals surface area contributed by atoms with Crippen LogP contribution in [-0.4, -0.2) is 16.1 Å². The van der Waals surface area contributed by atoms with Gasteiger partial charge in [-0.05, 0) is 25.1 Å². The Morgan fingerprint density at radius 1 is 1.56 bits per heavy atom. The van der Waals surface area contributed by atoms with Crippen molar-refractivity contribution in [1.29, 1.82) is 0 Å². The highest BCUT2D eigenvalue weighted by Crippen LogP contribution is 2.21. The van der Waals surface area contributed by atoms with Gasteiger partial charge in [-0.1, -0.05) is 17.7 Å². The van der Waals surface area contributed by atoms with Crippen molar-refractivity contribution >= 4 is 17.5 Å². The first kappa shape index (κ1) is 12.6. The molecule has 18 heavy (non-hydrogen) atoms. The SMILES string of the molecule is C=CCNc1nc(C)cn1-c1ccc(Cl)c(F)c1. The molecule has 1 aromatic carbocycles. The van der Waals surface area contributed by atoms with E-state index >= 15 is 0 Å². The topological polar surface area (TPSA) is 29.9 Å².